The van der Waals surface area contributed by atoms with E-state index >= 15 is 4.39 Å². The second kappa shape index (κ2) is 5.53. The molecule has 0 saturated heterocycles. The van der Waals surface area contributed by atoms with Crippen LogP contribution < -0.4 is 4.90 Å². The number of halogens is 1. The van der Waals surface area contributed by atoms with E-state index in [4.69, 9.17) is 0 Å². The minimum absolute atomic E-state index is 0.166. The van der Waals surface area contributed by atoms with Gasteiger partial charge in [-0.3, -0.25) is 14.4 Å². The summed E-state index contributed by atoms with van der Waals surface area (Å²) in [5.74, 6) is -0.339. The number of rotatable bonds is 1. The molecule has 5 rings (SSSR count). The molecule has 28 heavy (non-hydrogen) atoms. The van der Waals surface area contributed by atoms with Gasteiger partial charge < -0.3 is 0 Å². The number of fused-ring (bicyclic) bond motifs is 8. The Kier molecular flexibility index (Phi) is 3.39. The number of aromatic nitrogens is 2. The van der Waals surface area contributed by atoms with E-state index in [1.54, 1.807) is 29.6 Å². The van der Waals surface area contributed by atoms with Gasteiger partial charge in [-0.2, -0.15) is 5.10 Å². The molecule has 0 radical (unpaired) electrons. The summed E-state index contributed by atoms with van der Waals surface area (Å²) in [6.07, 6.45) is 0. The number of anilines is 1. The van der Waals surface area contributed by atoms with Gasteiger partial charge in [-0.05, 0) is 36.5 Å². The first-order chi connectivity index (χ1) is 13.3. The molecule has 4 nitrogen and oxygen atoms in total. The molecule has 0 bridgehead atoms. The number of amides is 1. The fraction of sp³-hybridized carbons (Fsp3) is 0.304. The molecule has 1 amide bonds. The van der Waals surface area contributed by atoms with Gasteiger partial charge in [0.15, 0.2) is 5.82 Å². The Morgan fingerprint density at radius 3 is 2.54 bits per heavy atom. The van der Waals surface area contributed by atoms with Crippen molar-refractivity contribution in [3.8, 4) is 11.1 Å². The highest BCUT2D eigenvalue weighted by Gasteiger charge is 2.49. The third-order valence-electron chi connectivity index (χ3n) is 5.95. The zero-order valence-corrected chi connectivity index (χ0v) is 16.7. The molecule has 2 aromatic carbocycles. The van der Waals surface area contributed by atoms with Crippen molar-refractivity contribution in [2.24, 2.45) is 7.05 Å². The van der Waals surface area contributed by atoms with Gasteiger partial charge in [0.1, 0.15) is 5.69 Å². The molecular formula is C23H22FN3O. The van der Waals surface area contributed by atoms with Crippen LogP contribution in [0.1, 0.15) is 64.2 Å². The monoisotopic (exact) mass is 375 g/mol. The molecule has 1 atom stereocenters. The van der Waals surface area contributed by atoms with Crippen molar-refractivity contribution < 1.29 is 9.18 Å². The van der Waals surface area contributed by atoms with E-state index in [2.05, 4.69) is 25.0 Å². The molecule has 0 saturated carbocycles. The zero-order chi connectivity index (χ0) is 19.9. The Labute approximate surface area is 163 Å². The molecule has 0 N–H and O–H groups in total. The topological polar surface area (TPSA) is 38.1 Å². The number of carbonyl (C=O) groups excluding carboxylic acids is 1. The van der Waals surface area contributed by atoms with Crippen molar-refractivity contribution in [1.29, 1.82) is 0 Å². The number of aryl methyl sites for hydroxylation is 3. The lowest BCUT2D eigenvalue weighted by atomic mass is 9.84. The Bertz CT molecular complexity index is 1180. The first-order valence-corrected chi connectivity index (χ1v) is 9.61. The molecule has 2 aliphatic heterocycles. The summed E-state index contributed by atoms with van der Waals surface area (Å²) in [7, 11) is 1.80. The fourth-order valence-corrected chi connectivity index (χ4v) is 4.67. The number of hydrogen-bond donors (Lipinski definition) is 0. The summed E-state index contributed by atoms with van der Waals surface area (Å²) >= 11 is 0. The van der Waals surface area contributed by atoms with Crippen molar-refractivity contribution in [2.75, 3.05) is 4.90 Å². The van der Waals surface area contributed by atoms with Gasteiger partial charge in [-0.15, -0.1) is 0 Å². The lowest BCUT2D eigenvalue weighted by Gasteiger charge is -2.35. The first kappa shape index (κ1) is 17.2. The summed E-state index contributed by atoms with van der Waals surface area (Å²) in [4.78, 5) is 15.2. The quantitative estimate of drug-likeness (QED) is 0.598. The van der Waals surface area contributed by atoms with Crippen LogP contribution in [0.3, 0.4) is 0 Å². The number of hydrogen-bond acceptors (Lipinski definition) is 2. The van der Waals surface area contributed by atoms with Gasteiger partial charge >= 0.3 is 0 Å². The Morgan fingerprint density at radius 1 is 1.11 bits per heavy atom. The Morgan fingerprint density at radius 2 is 1.82 bits per heavy atom. The highest BCUT2D eigenvalue weighted by atomic mass is 19.1. The lowest BCUT2D eigenvalue weighted by molar-refractivity contribution is 0.0983. The largest absolute Gasteiger partial charge is 0.292 e. The molecule has 0 fully saturated rings. The van der Waals surface area contributed by atoms with Crippen LogP contribution in [-0.4, -0.2) is 15.7 Å². The van der Waals surface area contributed by atoms with E-state index in [0.29, 0.717) is 16.9 Å². The standard InChI is InChI=1S/C23H22FN3O/c1-11(2)19-17-20-16-10-12(3)6-8-14(16)15-9-7-13(4)18(24)21(15)27(20)23(28)22(17)26(5)25-19/h6-11,20H,1-5H3/t20-/m0/s1. The Hall–Kier alpha value is -2.95. The highest BCUT2D eigenvalue weighted by molar-refractivity contribution is 6.14. The third kappa shape index (κ3) is 1.99. The predicted octanol–water partition coefficient (Wildman–Crippen LogP) is 5.03. The van der Waals surface area contributed by atoms with Crippen molar-refractivity contribution in [2.45, 2.75) is 39.7 Å². The van der Waals surface area contributed by atoms with Gasteiger partial charge in [0.25, 0.3) is 5.91 Å². The molecule has 1 aromatic heterocycles. The number of benzene rings is 2. The smallest absolute Gasteiger partial charge is 0.277 e. The van der Waals surface area contributed by atoms with Crippen molar-refractivity contribution >= 4 is 11.6 Å². The molecule has 0 aliphatic carbocycles. The van der Waals surface area contributed by atoms with Gasteiger partial charge in [0.05, 0.1) is 17.4 Å². The van der Waals surface area contributed by atoms with Crippen LogP contribution >= 0.6 is 0 Å². The second-order valence-corrected chi connectivity index (χ2v) is 8.19. The van der Waals surface area contributed by atoms with E-state index in [1.165, 1.54) is 0 Å². The van der Waals surface area contributed by atoms with Crippen LogP contribution in [0.25, 0.3) is 11.1 Å². The van der Waals surface area contributed by atoms with Crippen LogP contribution in [0.15, 0.2) is 30.3 Å². The van der Waals surface area contributed by atoms with Crippen LogP contribution in [0.2, 0.25) is 0 Å². The maximum Gasteiger partial charge on any atom is 0.277 e. The lowest BCUT2D eigenvalue weighted by Crippen LogP contribution is -2.34. The van der Waals surface area contributed by atoms with Crippen LogP contribution in [0, 0.1) is 19.7 Å². The normalized spacial score (nSPS) is 16.9. The van der Waals surface area contributed by atoms with Crippen LogP contribution in [0.5, 0.6) is 0 Å². The maximum absolute atomic E-state index is 15.3. The predicted molar refractivity (Wildman–Crippen MR) is 107 cm³/mol. The van der Waals surface area contributed by atoms with Crippen molar-refractivity contribution in [3.05, 3.63) is 69.8 Å². The molecule has 3 heterocycles. The molecule has 0 unspecified atom stereocenters. The van der Waals surface area contributed by atoms with Gasteiger partial charge in [0, 0.05) is 18.2 Å². The summed E-state index contributed by atoms with van der Waals surface area (Å²) in [5, 5.41) is 4.64. The molecule has 3 aromatic rings. The average Bonchev–Trinajstić information content (AvgIpc) is 3.14. The van der Waals surface area contributed by atoms with Gasteiger partial charge in [-0.1, -0.05) is 49.7 Å². The maximum atomic E-state index is 15.3. The fourth-order valence-electron chi connectivity index (χ4n) is 4.67. The second-order valence-electron chi connectivity index (χ2n) is 8.19. The van der Waals surface area contributed by atoms with E-state index in [0.717, 1.165) is 33.5 Å². The highest BCUT2D eigenvalue weighted by Crippen LogP contribution is 2.54. The van der Waals surface area contributed by atoms with E-state index < -0.39 is 0 Å². The van der Waals surface area contributed by atoms with E-state index in [1.807, 2.05) is 25.1 Å². The number of carbonyl (C=O) groups is 1. The first-order valence-electron chi connectivity index (χ1n) is 9.61. The molecular weight excluding hydrogens is 353 g/mol. The minimum atomic E-state index is -0.340. The van der Waals surface area contributed by atoms with Crippen LogP contribution in [0.4, 0.5) is 10.1 Å². The summed E-state index contributed by atoms with van der Waals surface area (Å²) in [5.41, 5.74) is 7.23. The Balaban J connectivity index is 1.92. The molecule has 2 aliphatic rings. The average molecular weight is 375 g/mol. The SMILES string of the molecule is Cc1ccc2c(c1)[C@H]1c3c(C(C)C)nn(C)c3C(=O)N1c1c-2ccc(C)c1F. The van der Waals surface area contributed by atoms with Gasteiger partial charge in [-0.25, -0.2) is 4.39 Å². The minimum Gasteiger partial charge on any atom is -0.292 e. The van der Waals surface area contributed by atoms with E-state index in [9.17, 15) is 4.79 Å². The summed E-state index contributed by atoms with van der Waals surface area (Å²) < 4.78 is 17.0. The van der Waals surface area contributed by atoms with Crippen molar-refractivity contribution in [1.82, 2.24) is 9.78 Å². The van der Waals surface area contributed by atoms with E-state index in [-0.39, 0.29) is 23.7 Å². The summed E-state index contributed by atoms with van der Waals surface area (Å²) in [6, 6.07) is 9.58. The molecule has 0 spiro atoms. The zero-order valence-electron chi connectivity index (χ0n) is 16.7. The van der Waals surface area contributed by atoms with Crippen LogP contribution in [-0.2, 0) is 7.05 Å². The molecule has 142 valence electrons. The van der Waals surface area contributed by atoms with Gasteiger partial charge in [0.2, 0.25) is 0 Å². The molecule has 5 heteroatoms. The third-order valence-corrected chi connectivity index (χ3v) is 5.95. The van der Waals surface area contributed by atoms with Crippen molar-refractivity contribution in [3.63, 3.8) is 0 Å². The number of nitrogens with zero attached hydrogens (tertiary/aromatic N) is 3. The summed E-state index contributed by atoms with van der Waals surface area (Å²) in [6.45, 7) is 7.94.